The Morgan fingerprint density at radius 1 is 1.00 bits per heavy atom. The molecule has 0 heterocycles. The van der Waals surface area contributed by atoms with Crippen LogP contribution in [0.25, 0.3) is 0 Å². The molecule has 0 aliphatic rings. The Morgan fingerprint density at radius 2 is 1.14 bits per heavy atom. The minimum atomic E-state index is -0.593. The molecular weight excluding hydrogens is 120 g/mol. The van der Waals surface area contributed by atoms with Crippen LogP contribution in [-0.2, 0) is 0 Å². The van der Waals surface area contributed by atoms with Gasteiger partial charge in [-0.15, -0.1) is 0 Å². The summed E-state index contributed by atoms with van der Waals surface area (Å²) in [6.07, 6.45) is -1.19. The molecule has 0 spiro atoms. The number of aliphatic hydroxyl groups excluding tert-OH is 2. The van der Waals surface area contributed by atoms with Gasteiger partial charge in [0.1, 0.15) is 0 Å². The summed E-state index contributed by atoms with van der Waals surface area (Å²) in [4.78, 5) is 0. The normalized spacial score (nSPS) is 17.1. The summed E-state index contributed by atoms with van der Waals surface area (Å²) in [5.74, 6) is 0. The standard InChI is InChI=1S/C4H10O2.Ca.2H/c1-3(5)4(2)6;;;/h3-6H,1-2H3;;;. The summed E-state index contributed by atoms with van der Waals surface area (Å²) in [7, 11) is 0. The zero-order valence-corrected chi connectivity index (χ0v) is 4.05. The van der Waals surface area contributed by atoms with Crippen molar-refractivity contribution in [2.75, 3.05) is 0 Å². The molecule has 0 rings (SSSR count). The molecule has 2 N–H and O–H groups in total. The number of hydrogen-bond acceptors (Lipinski definition) is 2. The van der Waals surface area contributed by atoms with Gasteiger partial charge in [-0.1, -0.05) is 0 Å². The molecule has 2 atom stereocenters. The van der Waals surface area contributed by atoms with Gasteiger partial charge >= 0.3 is 37.7 Å². The number of aliphatic hydroxyl groups is 2. The third-order valence-corrected chi connectivity index (χ3v) is 0.698. The van der Waals surface area contributed by atoms with Crippen LogP contribution in [-0.4, -0.2) is 60.2 Å². The predicted molar refractivity (Wildman–Crippen MR) is 31.9 cm³/mol. The van der Waals surface area contributed by atoms with Gasteiger partial charge in [-0.2, -0.15) is 0 Å². The van der Waals surface area contributed by atoms with Crippen LogP contribution in [0.3, 0.4) is 0 Å². The van der Waals surface area contributed by atoms with Gasteiger partial charge in [0.15, 0.2) is 0 Å². The average Bonchev–Trinajstić information content (AvgIpc) is 1.36. The van der Waals surface area contributed by atoms with E-state index in [0.29, 0.717) is 0 Å². The zero-order chi connectivity index (χ0) is 5.15. The van der Waals surface area contributed by atoms with Crippen LogP contribution in [0.4, 0.5) is 0 Å². The molecule has 42 valence electrons. The van der Waals surface area contributed by atoms with Crippen LogP contribution >= 0.6 is 0 Å². The Bertz CT molecular complexity index is 30.7. The molecule has 0 amide bonds. The molecule has 0 fully saturated rings. The Balaban J connectivity index is 0. The van der Waals surface area contributed by atoms with Crippen LogP contribution < -0.4 is 0 Å². The van der Waals surface area contributed by atoms with Crippen LogP contribution in [0.2, 0.25) is 0 Å². The van der Waals surface area contributed by atoms with E-state index in [1.807, 2.05) is 0 Å². The monoisotopic (exact) mass is 132 g/mol. The molecular formula is C4H12CaO2. The van der Waals surface area contributed by atoms with Gasteiger partial charge < -0.3 is 10.2 Å². The van der Waals surface area contributed by atoms with Crippen molar-refractivity contribution in [1.82, 2.24) is 0 Å². The van der Waals surface area contributed by atoms with E-state index in [9.17, 15) is 0 Å². The molecule has 2 unspecified atom stereocenters. The number of rotatable bonds is 1. The van der Waals surface area contributed by atoms with Crippen LogP contribution in [0, 0.1) is 0 Å². The maximum absolute atomic E-state index is 8.38. The van der Waals surface area contributed by atoms with Gasteiger partial charge in [0.2, 0.25) is 0 Å². The van der Waals surface area contributed by atoms with Crippen molar-refractivity contribution < 1.29 is 10.2 Å². The number of hydrogen-bond donors (Lipinski definition) is 2. The van der Waals surface area contributed by atoms with Crippen molar-refractivity contribution in [2.24, 2.45) is 0 Å². The van der Waals surface area contributed by atoms with E-state index in [1.165, 1.54) is 0 Å². The van der Waals surface area contributed by atoms with Crippen molar-refractivity contribution in [1.29, 1.82) is 0 Å². The Morgan fingerprint density at radius 3 is 1.14 bits per heavy atom. The van der Waals surface area contributed by atoms with Crippen LogP contribution in [0.1, 0.15) is 13.8 Å². The summed E-state index contributed by atoms with van der Waals surface area (Å²) in [6.45, 7) is 3.09. The second-order valence-electron chi connectivity index (χ2n) is 1.48. The molecule has 0 saturated carbocycles. The molecule has 0 aromatic rings. The quantitative estimate of drug-likeness (QED) is 0.441. The fraction of sp³-hybridized carbons (Fsp3) is 1.00. The molecule has 0 bridgehead atoms. The Hall–Kier alpha value is 1.18. The Kier molecular flexibility index (Phi) is 8.39. The first-order chi connectivity index (χ1) is 2.64. The fourth-order valence-corrected chi connectivity index (χ4v) is 0. The molecule has 0 aliphatic heterocycles. The summed E-state index contributed by atoms with van der Waals surface area (Å²) in [6, 6.07) is 0. The van der Waals surface area contributed by atoms with Crippen molar-refractivity contribution in [3.05, 3.63) is 0 Å². The van der Waals surface area contributed by atoms with E-state index in [1.54, 1.807) is 13.8 Å². The van der Waals surface area contributed by atoms with Crippen LogP contribution in [0.15, 0.2) is 0 Å². The van der Waals surface area contributed by atoms with Gasteiger partial charge in [0.05, 0.1) is 12.2 Å². The molecule has 0 aliphatic carbocycles. The third-order valence-electron chi connectivity index (χ3n) is 0.698. The summed E-state index contributed by atoms with van der Waals surface area (Å²) < 4.78 is 0. The van der Waals surface area contributed by atoms with Crippen molar-refractivity contribution in [2.45, 2.75) is 26.1 Å². The van der Waals surface area contributed by atoms with Crippen molar-refractivity contribution >= 4 is 37.7 Å². The fourth-order valence-electron chi connectivity index (χ4n) is 0. The summed E-state index contributed by atoms with van der Waals surface area (Å²) >= 11 is 0. The summed E-state index contributed by atoms with van der Waals surface area (Å²) in [5.41, 5.74) is 0. The minimum absolute atomic E-state index is 0. The summed E-state index contributed by atoms with van der Waals surface area (Å²) in [5, 5.41) is 16.8. The van der Waals surface area contributed by atoms with E-state index in [-0.39, 0.29) is 37.7 Å². The second kappa shape index (κ2) is 5.32. The maximum atomic E-state index is 8.38. The second-order valence-corrected chi connectivity index (χ2v) is 1.48. The Labute approximate surface area is 73.5 Å². The predicted octanol–water partition coefficient (Wildman–Crippen LogP) is -1.17. The molecule has 7 heavy (non-hydrogen) atoms. The molecule has 0 aromatic carbocycles. The first-order valence-electron chi connectivity index (χ1n) is 2.00. The van der Waals surface area contributed by atoms with Gasteiger partial charge in [-0.05, 0) is 13.8 Å². The van der Waals surface area contributed by atoms with E-state index in [4.69, 9.17) is 10.2 Å². The zero-order valence-electron chi connectivity index (χ0n) is 4.05. The molecule has 0 radical (unpaired) electrons. The SMILES string of the molecule is CC(O)C(C)O.[CaH2]. The third kappa shape index (κ3) is 7.18. The van der Waals surface area contributed by atoms with Crippen molar-refractivity contribution in [3.8, 4) is 0 Å². The van der Waals surface area contributed by atoms with Gasteiger partial charge in [-0.25, -0.2) is 0 Å². The first kappa shape index (κ1) is 11.0. The van der Waals surface area contributed by atoms with E-state index in [0.717, 1.165) is 0 Å². The first-order valence-corrected chi connectivity index (χ1v) is 2.00. The van der Waals surface area contributed by atoms with Crippen LogP contribution in [0.5, 0.6) is 0 Å². The van der Waals surface area contributed by atoms with Gasteiger partial charge in [0, 0.05) is 0 Å². The topological polar surface area (TPSA) is 40.5 Å². The molecule has 2 nitrogen and oxygen atoms in total. The van der Waals surface area contributed by atoms with Gasteiger partial charge in [0.25, 0.3) is 0 Å². The van der Waals surface area contributed by atoms with Crippen molar-refractivity contribution in [3.63, 3.8) is 0 Å². The van der Waals surface area contributed by atoms with E-state index in [2.05, 4.69) is 0 Å². The molecule has 0 saturated heterocycles. The van der Waals surface area contributed by atoms with Gasteiger partial charge in [-0.3, -0.25) is 0 Å². The van der Waals surface area contributed by atoms with E-state index >= 15 is 0 Å². The van der Waals surface area contributed by atoms with E-state index < -0.39 is 12.2 Å². The average molecular weight is 132 g/mol. The molecule has 0 aromatic heterocycles. The molecule has 3 heteroatoms.